The molecule has 1 N–H and O–H groups in total. The van der Waals surface area contributed by atoms with E-state index in [0.717, 1.165) is 28.7 Å². The van der Waals surface area contributed by atoms with Crippen LogP contribution in [0.2, 0.25) is 5.02 Å². The first-order chi connectivity index (χ1) is 14.0. The van der Waals surface area contributed by atoms with Gasteiger partial charge in [0.1, 0.15) is 17.5 Å². The molecule has 0 saturated carbocycles. The van der Waals surface area contributed by atoms with Gasteiger partial charge >= 0.3 is 0 Å². The molecule has 0 aliphatic carbocycles. The van der Waals surface area contributed by atoms with Gasteiger partial charge in [0.2, 0.25) is 0 Å². The molecule has 5 heteroatoms. The molecule has 1 saturated heterocycles. The summed E-state index contributed by atoms with van der Waals surface area (Å²) in [6.07, 6.45) is 1.41. The number of halogens is 1. The topological polar surface area (TPSA) is 55.8 Å². The van der Waals surface area contributed by atoms with E-state index in [4.69, 9.17) is 21.1 Å². The molecule has 1 fully saturated rings. The Hall–Kier alpha value is -2.14. The van der Waals surface area contributed by atoms with E-state index in [-0.39, 0.29) is 18.1 Å². The number of carbonyl (C=O) groups excluding carboxylic acids is 1. The fourth-order valence-electron chi connectivity index (χ4n) is 4.26. The van der Waals surface area contributed by atoms with Gasteiger partial charge in [-0.05, 0) is 66.6 Å². The first-order valence-corrected chi connectivity index (χ1v) is 10.5. The molecule has 2 unspecified atom stereocenters. The Morgan fingerprint density at radius 2 is 1.90 bits per heavy atom. The summed E-state index contributed by atoms with van der Waals surface area (Å²) in [4.78, 5) is 13.2. The predicted molar refractivity (Wildman–Crippen MR) is 114 cm³/mol. The van der Waals surface area contributed by atoms with Gasteiger partial charge in [-0.2, -0.15) is 0 Å². The van der Waals surface area contributed by atoms with Gasteiger partial charge < -0.3 is 14.6 Å². The van der Waals surface area contributed by atoms with Gasteiger partial charge in [-0.1, -0.05) is 42.8 Å². The highest BCUT2D eigenvalue weighted by molar-refractivity contribution is 6.30. The molecule has 2 aromatic carbocycles. The number of ether oxygens (including phenoxy) is 2. The predicted octanol–water partition coefficient (Wildman–Crippen LogP) is 5.38. The smallest absolute Gasteiger partial charge is 0.195 e. The van der Waals surface area contributed by atoms with Crippen LogP contribution in [0.25, 0.3) is 16.7 Å². The van der Waals surface area contributed by atoms with Gasteiger partial charge in [-0.3, -0.25) is 4.79 Å². The number of rotatable bonds is 6. The molecule has 2 aliphatic heterocycles. The average Bonchev–Trinajstić information content (AvgIpc) is 3.14. The lowest BCUT2D eigenvalue weighted by Crippen LogP contribution is -2.43. The van der Waals surface area contributed by atoms with Crippen LogP contribution in [-0.2, 0) is 20.7 Å². The standard InChI is InChI=1S/C24H25ClO4/c1-3-15-5-6-17(16-7-9-18(25)10-8-16)13-19(15)21-22(26)20-11-12-24(29-20,23(21)27)14-28-4-2/h5-10,13,20,27H,3-4,11-12,14H2,1-2H3. The summed E-state index contributed by atoms with van der Waals surface area (Å²) in [7, 11) is 0. The number of carbonyl (C=O) groups is 1. The highest BCUT2D eigenvalue weighted by Crippen LogP contribution is 2.46. The number of aryl methyl sites for hydroxylation is 1. The van der Waals surface area contributed by atoms with Crippen molar-refractivity contribution >= 4 is 23.0 Å². The fourth-order valence-corrected chi connectivity index (χ4v) is 4.39. The Bertz CT molecular complexity index is 963. The van der Waals surface area contributed by atoms with E-state index < -0.39 is 11.7 Å². The third kappa shape index (κ3) is 3.50. The van der Waals surface area contributed by atoms with Gasteiger partial charge in [0, 0.05) is 11.6 Å². The Labute approximate surface area is 176 Å². The zero-order chi connectivity index (χ0) is 20.6. The largest absolute Gasteiger partial charge is 0.508 e. The van der Waals surface area contributed by atoms with Crippen LogP contribution in [0.15, 0.2) is 48.2 Å². The van der Waals surface area contributed by atoms with E-state index >= 15 is 0 Å². The van der Waals surface area contributed by atoms with Crippen molar-refractivity contribution in [2.45, 2.75) is 44.8 Å². The molecular formula is C24H25ClO4. The summed E-state index contributed by atoms with van der Waals surface area (Å²) in [6.45, 7) is 4.73. The molecule has 0 amide bonds. The van der Waals surface area contributed by atoms with Crippen LogP contribution >= 0.6 is 11.6 Å². The van der Waals surface area contributed by atoms with Crippen molar-refractivity contribution in [1.82, 2.24) is 0 Å². The summed E-state index contributed by atoms with van der Waals surface area (Å²) in [6, 6.07) is 13.7. The summed E-state index contributed by atoms with van der Waals surface area (Å²) >= 11 is 6.02. The molecule has 2 atom stereocenters. The third-order valence-corrected chi connectivity index (χ3v) is 6.11. The number of ketones is 1. The maximum atomic E-state index is 13.2. The fraction of sp³-hybridized carbons (Fsp3) is 0.375. The van der Waals surface area contributed by atoms with E-state index in [1.807, 2.05) is 56.3 Å². The van der Waals surface area contributed by atoms with Crippen molar-refractivity contribution < 1.29 is 19.4 Å². The van der Waals surface area contributed by atoms with Gasteiger partial charge in [0.15, 0.2) is 5.78 Å². The summed E-state index contributed by atoms with van der Waals surface area (Å²) < 4.78 is 11.6. The van der Waals surface area contributed by atoms with Crippen molar-refractivity contribution in [3.05, 3.63) is 64.4 Å². The number of benzene rings is 2. The third-order valence-electron chi connectivity index (χ3n) is 5.86. The lowest BCUT2D eigenvalue weighted by molar-refractivity contribution is -0.138. The van der Waals surface area contributed by atoms with Gasteiger partial charge in [-0.25, -0.2) is 0 Å². The van der Waals surface area contributed by atoms with Gasteiger partial charge in [0.05, 0.1) is 12.2 Å². The minimum absolute atomic E-state index is 0.00709. The first-order valence-electron chi connectivity index (χ1n) is 10.1. The summed E-state index contributed by atoms with van der Waals surface area (Å²) in [5, 5.41) is 11.9. The Balaban J connectivity index is 1.85. The number of aliphatic hydroxyl groups is 1. The SMILES string of the molecule is CCOCC12CCC(O1)C(=O)C(c1cc(-c3ccc(Cl)cc3)ccc1CC)=C2O. The summed E-state index contributed by atoms with van der Waals surface area (Å²) in [5.41, 5.74) is 3.23. The molecule has 0 aromatic heterocycles. The lowest BCUT2D eigenvalue weighted by atomic mass is 9.86. The van der Waals surface area contributed by atoms with Crippen molar-refractivity contribution in [2.75, 3.05) is 13.2 Å². The molecule has 2 bridgehead atoms. The minimum atomic E-state index is -0.925. The Morgan fingerprint density at radius 3 is 2.59 bits per heavy atom. The first kappa shape index (κ1) is 20.1. The molecule has 4 nitrogen and oxygen atoms in total. The van der Waals surface area contributed by atoms with E-state index in [1.165, 1.54) is 0 Å². The van der Waals surface area contributed by atoms with E-state index in [9.17, 15) is 9.90 Å². The number of fused-ring (bicyclic) bond motifs is 2. The molecule has 0 radical (unpaired) electrons. The normalized spacial score (nSPS) is 23.7. The molecule has 4 rings (SSSR count). The second kappa shape index (κ2) is 7.94. The molecule has 152 valence electrons. The highest BCUT2D eigenvalue weighted by atomic mass is 35.5. The van der Waals surface area contributed by atoms with Crippen molar-refractivity contribution in [3.8, 4) is 11.1 Å². The van der Waals surface area contributed by atoms with Crippen molar-refractivity contribution in [1.29, 1.82) is 0 Å². The maximum absolute atomic E-state index is 13.2. The Morgan fingerprint density at radius 1 is 1.17 bits per heavy atom. The minimum Gasteiger partial charge on any atom is -0.508 e. The highest BCUT2D eigenvalue weighted by Gasteiger charge is 2.53. The second-order valence-electron chi connectivity index (χ2n) is 7.60. The quantitative estimate of drug-likeness (QED) is 0.692. The molecular weight excluding hydrogens is 388 g/mol. The van der Waals surface area contributed by atoms with Crippen LogP contribution in [0.1, 0.15) is 37.8 Å². The maximum Gasteiger partial charge on any atom is 0.195 e. The van der Waals surface area contributed by atoms with Crippen molar-refractivity contribution in [2.24, 2.45) is 0 Å². The zero-order valence-corrected chi connectivity index (χ0v) is 17.5. The number of aliphatic hydroxyl groups excluding tert-OH is 1. The monoisotopic (exact) mass is 412 g/mol. The number of Topliss-reactive ketones (excluding diaryl/α,β-unsaturated/α-hetero) is 1. The summed E-state index contributed by atoms with van der Waals surface area (Å²) in [5.74, 6) is -0.136. The van der Waals surface area contributed by atoms with E-state index in [2.05, 4.69) is 0 Å². The van der Waals surface area contributed by atoms with Crippen LogP contribution in [0.3, 0.4) is 0 Å². The van der Waals surface area contributed by atoms with Crippen LogP contribution in [0.5, 0.6) is 0 Å². The molecule has 29 heavy (non-hydrogen) atoms. The Kier molecular flexibility index (Phi) is 5.52. The number of hydrogen-bond donors (Lipinski definition) is 1. The van der Waals surface area contributed by atoms with Crippen LogP contribution in [0.4, 0.5) is 0 Å². The molecule has 2 heterocycles. The average molecular weight is 413 g/mol. The van der Waals surface area contributed by atoms with Crippen LogP contribution < -0.4 is 0 Å². The zero-order valence-electron chi connectivity index (χ0n) is 16.7. The molecule has 2 aliphatic rings. The van der Waals surface area contributed by atoms with Crippen LogP contribution in [-0.4, -0.2) is 35.8 Å². The van der Waals surface area contributed by atoms with Gasteiger partial charge in [-0.15, -0.1) is 0 Å². The number of hydrogen-bond acceptors (Lipinski definition) is 4. The van der Waals surface area contributed by atoms with E-state index in [0.29, 0.717) is 30.0 Å². The van der Waals surface area contributed by atoms with Crippen LogP contribution in [0, 0.1) is 0 Å². The van der Waals surface area contributed by atoms with E-state index in [1.54, 1.807) is 0 Å². The lowest BCUT2D eigenvalue weighted by Gasteiger charge is -2.34. The van der Waals surface area contributed by atoms with Crippen molar-refractivity contribution in [3.63, 3.8) is 0 Å². The van der Waals surface area contributed by atoms with Gasteiger partial charge in [0.25, 0.3) is 0 Å². The molecule has 2 aromatic rings. The second-order valence-corrected chi connectivity index (χ2v) is 8.03. The molecule has 0 spiro atoms.